The van der Waals surface area contributed by atoms with Crippen LogP contribution >= 0.6 is 15.9 Å². The molecule has 0 saturated carbocycles. The maximum absolute atomic E-state index is 12.2. The van der Waals surface area contributed by atoms with E-state index in [2.05, 4.69) is 27.2 Å². The van der Waals surface area contributed by atoms with Crippen LogP contribution in [0, 0.1) is 5.92 Å². The van der Waals surface area contributed by atoms with Crippen LogP contribution in [0.25, 0.3) is 0 Å². The topological polar surface area (TPSA) is 29.5 Å². The van der Waals surface area contributed by atoms with Crippen LogP contribution in [-0.4, -0.2) is 18.8 Å². The highest BCUT2D eigenvalue weighted by molar-refractivity contribution is 9.10. The Morgan fingerprint density at radius 2 is 2.15 bits per heavy atom. The van der Waals surface area contributed by atoms with E-state index in [1.54, 1.807) is 6.08 Å². The third kappa shape index (κ3) is 3.33. The average Bonchev–Trinajstić information content (AvgIpc) is 2.71. The van der Waals surface area contributed by atoms with Gasteiger partial charge in [-0.05, 0) is 28.1 Å². The molecule has 0 N–H and O–H groups in total. The van der Waals surface area contributed by atoms with Gasteiger partial charge in [0.15, 0.2) is 0 Å². The smallest absolute Gasteiger partial charge is 0.406 e. The van der Waals surface area contributed by atoms with Gasteiger partial charge in [0.25, 0.3) is 0 Å². The molecule has 1 amide bonds. The molecule has 0 spiro atoms. The maximum atomic E-state index is 12.2. The number of amides is 1. The van der Waals surface area contributed by atoms with Crippen LogP contribution in [0.2, 0.25) is 0 Å². The number of benzene rings is 1. The van der Waals surface area contributed by atoms with Crippen LogP contribution < -0.4 is 9.64 Å². The second kappa shape index (κ2) is 5.47. The third-order valence-corrected chi connectivity index (χ3v) is 3.60. The summed E-state index contributed by atoms with van der Waals surface area (Å²) in [5.74, 6) is -0.507. The van der Waals surface area contributed by atoms with Gasteiger partial charge in [0.2, 0.25) is 5.91 Å². The summed E-state index contributed by atoms with van der Waals surface area (Å²) in [5.41, 5.74) is 0.362. The van der Waals surface area contributed by atoms with Crippen LogP contribution in [0.1, 0.15) is 6.42 Å². The Morgan fingerprint density at radius 1 is 1.45 bits per heavy atom. The Hall–Kier alpha value is -1.50. The SMILES string of the molecule is C=CC1CC(=O)N(c2cc(OC(F)(F)F)ccc2Br)C1. The molecule has 108 valence electrons. The summed E-state index contributed by atoms with van der Waals surface area (Å²) in [5, 5.41) is 0. The largest absolute Gasteiger partial charge is 0.573 e. The van der Waals surface area contributed by atoms with Crippen molar-refractivity contribution in [1.29, 1.82) is 0 Å². The van der Waals surface area contributed by atoms with Crippen LogP contribution in [0.3, 0.4) is 0 Å². The Labute approximate surface area is 122 Å². The molecule has 1 unspecified atom stereocenters. The van der Waals surface area contributed by atoms with E-state index in [1.165, 1.54) is 23.1 Å². The van der Waals surface area contributed by atoms with E-state index in [0.717, 1.165) is 0 Å². The zero-order valence-corrected chi connectivity index (χ0v) is 11.9. The number of halogens is 4. The second-order valence-electron chi connectivity index (χ2n) is 4.37. The van der Waals surface area contributed by atoms with E-state index in [4.69, 9.17) is 0 Å². The van der Waals surface area contributed by atoms with E-state index in [0.29, 0.717) is 23.1 Å². The van der Waals surface area contributed by atoms with E-state index in [1.807, 2.05) is 0 Å². The molecule has 3 nitrogen and oxygen atoms in total. The molecule has 0 aliphatic carbocycles. The van der Waals surface area contributed by atoms with Gasteiger partial charge in [-0.3, -0.25) is 4.79 Å². The highest BCUT2D eigenvalue weighted by Crippen LogP contribution is 2.36. The first-order valence-corrected chi connectivity index (χ1v) is 6.57. The molecule has 1 aliphatic rings. The molecule has 0 bridgehead atoms. The Balaban J connectivity index is 2.29. The standard InChI is InChI=1S/C13H11BrF3NO2/c1-2-8-5-12(19)18(7-8)11-6-9(3-4-10(11)14)20-13(15,16)17/h2-4,6,8H,1,5,7H2. The number of nitrogens with zero attached hydrogens (tertiary/aromatic N) is 1. The lowest BCUT2D eigenvalue weighted by atomic mass is 10.1. The Bertz CT molecular complexity index is 545. The van der Waals surface area contributed by atoms with Crippen molar-refractivity contribution in [3.05, 3.63) is 35.3 Å². The summed E-state index contributed by atoms with van der Waals surface area (Å²) in [7, 11) is 0. The lowest BCUT2D eigenvalue weighted by molar-refractivity contribution is -0.274. The molecule has 1 aliphatic heterocycles. The molecular formula is C13H11BrF3NO2. The molecular weight excluding hydrogens is 339 g/mol. The fourth-order valence-corrected chi connectivity index (χ4v) is 2.48. The first-order chi connectivity index (χ1) is 9.30. The number of carbonyl (C=O) groups is 1. The molecule has 1 atom stereocenters. The molecule has 1 heterocycles. The minimum atomic E-state index is -4.76. The van der Waals surface area contributed by atoms with Gasteiger partial charge in [-0.1, -0.05) is 6.08 Å². The highest BCUT2D eigenvalue weighted by Gasteiger charge is 2.33. The van der Waals surface area contributed by atoms with Crippen molar-refractivity contribution in [3.63, 3.8) is 0 Å². The van der Waals surface area contributed by atoms with Gasteiger partial charge < -0.3 is 9.64 Å². The van der Waals surface area contributed by atoms with E-state index >= 15 is 0 Å². The molecule has 1 saturated heterocycles. The number of rotatable bonds is 3. The lowest BCUT2D eigenvalue weighted by Crippen LogP contribution is -2.25. The quantitative estimate of drug-likeness (QED) is 0.775. The number of anilines is 1. The minimum Gasteiger partial charge on any atom is -0.406 e. The third-order valence-electron chi connectivity index (χ3n) is 2.93. The molecule has 1 aromatic carbocycles. The fourth-order valence-electron chi connectivity index (χ4n) is 2.02. The summed E-state index contributed by atoms with van der Waals surface area (Å²) in [6.45, 7) is 4.03. The monoisotopic (exact) mass is 349 g/mol. The van der Waals surface area contributed by atoms with Gasteiger partial charge in [-0.15, -0.1) is 19.8 Å². The number of alkyl halides is 3. The zero-order chi connectivity index (χ0) is 14.9. The molecule has 20 heavy (non-hydrogen) atoms. The highest BCUT2D eigenvalue weighted by atomic mass is 79.9. The first kappa shape index (κ1) is 14.9. The van der Waals surface area contributed by atoms with Gasteiger partial charge in [-0.2, -0.15) is 0 Å². The first-order valence-electron chi connectivity index (χ1n) is 5.78. The van der Waals surface area contributed by atoms with Gasteiger partial charge in [0.05, 0.1) is 5.69 Å². The van der Waals surface area contributed by atoms with Gasteiger partial charge >= 0.3 is 6.36 Å². The number of carbonyl (C=O) groups excluding carboxylic acids is 1. The van der Waals surface area contributed by atoms with Crippen molar-refractivity contribution >= 4 is 27.5 Å². The molecule has 7 heteroatoms. The normalized spacial score (nSPS) is 19.3. The van der Waals surface area contributed by atoms with Crippen molar-refractivity contribution in [3.8, 4) is 5.75 Å². The van der Waals surface area contributed by atoms with Crippen LogP contribution in [-0.2, 0) is 4.79 Å². The van der Waals surface area contributed by atoms with Gasteiger partial charge in [0, 0.05) is 29.4 Å². The molecule has 1 aromatic rings. The zero-order valence-electron chi connectivity index (χ0n) is 10.3. The minimum absolute atomic E-state index is 0.00147. The van der Waals surface area contributed by atoms with E-state index < -0.39 is 6.36 Å². The van der Waals surface area contributed by atoms with Crippen molar-refractivity contribution in [2.75, 3.05) is 11.4 Å². The van der Waals surface area contributed by atoms with Gasteiger partial charge in [-0.25, -0.2) is 0 Å². The van der Waals surface area contributed by atoms with Crippen molar-refractivity contribution in [2.24, 2.45) is 5.92 Å². The summed E-state index contributed by atoms with van der Waals surface area (Å²) in [4.78, 5) is 13.3. The molecule has 0 radical (unpaired) electrons. The second-order valence-corrected chi connectivity index (χ2v) is 5.22. The Kier molecular flexibility index (Phi) is 4.08. The van der Waals surface area contributed by atoms with Crippen LogP contribution in [0.15, 0.2) is 35.3 Å². The van der Waals surface area contributed by atoms with Crippen LogP contribution in [0.5, 0.6) is 5.75 Å². The number of ether oxygens (including phenoxy) is 1. The summed E-state index contributed by atoms with van der Waals surface area (Å²) in [6.07, 6.45) is -2.79. The predicted molar refractivity (Wildman–Crippen MR) is 71.5 cm³/mol. The summed E-state index contributed by atoms with van der Waals surface area (Å²) < 4.78 is 41.0. The average molecular weight is 350 g/mol. The molecule has 0 aromatic heterocycles. The summed E-state index contributed by atoms with van der Waals surface area (Å²) >= 11 is 3.23. The molecule has 2 rings (SSSR count). The number of hydrogen-bond donors (Lipinski definition) is 0. The van der Waals surface area contributed by atoms with Gasteiger partial charge in [0.1, 0.15) is 5.75 Å². The van der Waals surface area contributed by atoms with Crippen molar-refractivity contribution < 1.29 is 22.7 Å². The summed E-state index contributed by atoms with van der Waals surface area (Å²) in [6, 6.07) is 3.80. The molecule has 1 fully saturated rings. The number of hydrogen-bond acceptors (Lipinski definition) is 2. The maximum Gasteiger partial charge on any atom is 0.573 e. The van der Waals surface area contributed by atoms with Crippen LogP contribution in [0.4, 0.5) is 18.9 Å². The van der Waals surface area contributed by atoms with Crippen molar-refractivity contribution in [2.45, 2.75) is 12.8 Å². The van der Waals surface area contributed by atoms with E-state index in [9.17, 15) is 18.0 Å². The predicted octanol–water partition coefficient (Wildman–Crippen LogP) is 3.89. The van der Waals surface area contributed by atoms with Crippen molar-refractivity contribution in [1.82, 2.24) is 0 Å². The Morgan fingerprint density at radius 3 is 2.70 bits per heavy atom. The van der Waals surface area contributed by atoms with E-state index in [-0.39, 0.29) is 17.6 Å². The fraction of sp³-hybridized carbons (Fsp3) is 0.308. The lowest BCUT2D eigenvalue weighted by Gasteiger charge is -2.19.